The lowest BCUT2D eigenvalue weighted by Crippen LogP contribution is -1.65. The van der Waals surface area contributed by atoms with Crippen LogP contribution in [-0.4, -0.2) is 27.4 Å². The molecule has 0 bridgehead atoms. The van der Waals surface area contributed by atoms with E-state index in [0.717, 1.165) is 0 Å². The molecule has 3 heteroatoms. The lowest BCUT2D eigenvalue weighted by atomic mass is 10.6. The summed E-state index contributed by atoms with van der Waals surface area (Å²) in [6.45, 7) is 11.2. The molecule has 3 radical (unpaired) electrons. The fourth-order valence-electron chi connectivity index (χ4n) is 0.382. The Morgan fingerprint density at radius 1 is 1.09 bits per heavy atom. The van der Waals surface area contributed by atoms with Crippen LogP contribution >= 0.6 is 15.9 Å². The molecule has 0 aromatic rings. The first-order valence-electron chi connectivity index (χ1n) is 4.17. The van der Waals surface area contributed by atoms with Crippen LogP contribution in [0.15, 0.2) is 0 Å². The van der Waals surface area contributed by atoms with Gasteiger partial charge in [-0.25, -0.2) is 0 Å². The van der Waals surface area contributed by atoms with Crippen molar-refractivity contribution in [3.8, 4) is 0 Å². The van der Waals surface area contributed by atoms with Gasteiger partial charge in [0.1, 0.15) is 0 Å². The highest BCUT2D eigenvalue weighted by Gasteiger charge is 1.90. The maximum absolute atomic E-state index is 2.39. The maximum Gasteiger partial charge on any atom is 0 e. The van der Waals surface area contributed by atoms with Crippen LogP contribution in [0.3, 0.4) is 0 Å². The molecule has 0 saturated heterocycles. The Hall–Kier alpha value is 0.925. The summed E-state index contributed by atoms with van der Waals surface area (Å²) in [6, 6.07) is 0. The van der Waals surface area contributed by atoms with Gasteiger partial charge < -0.3 is 0 Å². The molecule has 0 rings (SSSR count). The van der Waals surface area contributed by atoms with Gasteiger partial charge in [0.05, 0.1) is 0 Å². The van der Waals surface area contributed by atoms with E-state index in [1.54, 1.807) is 0 Å². The molecule has 0 N–H and O–H groups in total. The van der Waals surface area contributed by atoms with Crippen LogP contribution in [-0.2, 0) is 0 Å². The van der Waals surface area contributed by atoms with Crippen LogP contribution in [0.5, 0.6) is 0 Å². The average Bonchev–Trinajstić information content (AvgIpc) is 1.90. The summed E-state index contributed by atoms with van der Waals surface area (Å²) in [5.41, 5.74) is 0. The molecule has 0 aromatic carbocycles. The van der Waals surface area contributed by atoms with Crippen molar-refractivity contribution in [2.45, 2.75) is 34.1 Å². The van der Waals surface area contributed by atoms with Gasteiger partial charge in [0.15, 0.2) is 0 Å². The molecule has 0 aliphatic rings. The van der Waals surface area contributed by atoms with Gasteiger partial charge in [0.25, 0.3) is 0 Å². The summed E-state index contributed by atoms with van der Waals surface area (Å²) in [7, 11) is 1.70. The first-order valence-corrected chi connectivity index (χ1v) is 8.19. The summed E-state index contributed by atoms with van der Waals surface area (Å²) >= 11 is 0. The van der Waals surface area contributed by atoms with Crippen LogP contribution in [0, 0.1) is 0 Å². The van der Waals surface area contributed by atoms with Crippen LogP contribution in [0.25, 0.3) is 0 Å². The minimum absolute atomic E-state index is 0. The Labute approximate surface area is 77.9 Å². The minimum atomic E-state index is 0. The zero-order valence-corrected chi connectivity index (χ0v) is 10.5. The third-order valence-electron chi connectivity index (χ3n) is 0.902. The predicted molar refractivity (Wildman–Crippen MR) is 64.0 cm³/mol. The standard InChI is InChI=1S/C5H14P2.C3H8.B/c1-4-6-7(3)5-2;1-3-2;/h6H,4-5H2,1-3H3;3H2,1-2H3;. The molecular formula is C8H22BP2. The average molecular weight is 191 g/mol. The van der Waals surface area contributed by atoms with Gasteiger partial charge in [-0.1, -0.05) is 50.0 Å². The van der Waals surface area contributed by atoms with E-state index >= 15 is 0 Å². The van der Waals surface area contributed by atoms with Crippen molar-refractivity contribution in [1.82, 2.24) is 0 Å². The molecule has 67 valence electrons. The van der Waals surface area contributed by atoms with E-state index in [1.165, 1.54) is 27.0 Å². The fraction of sp³-hybridized carbons (Fsp3) is 1.00. The molecule has 0 saturated carbocycles. The van der Waals surface area contributed by atoms with Gasteiger partial charge in [0, 0.05) is 8.41 Å². The molecule has 0 fully saturated rings. The zero-order valence-electron chi connectivity index (χ0n) is 8.65. The highest BCUT2D eigenvalue weighted by molar-refractivity contribution is 8.21. The normalized spacial score (nSPS) is 11.7. The summed E-state index contributed by atoms with van der Waals surface area (Å²) in [5, 5.41) is 0. The first-order chi connectivity index (χ1) is 4.72. The van der Waals surface area contributed by atoms with Crippen LogP contribution < -0.4 is 0 Å². The molecule has 2 unspecified atom stereocenters. The molecule has 2 atom stereocenters. The zero-order chi connectivity index (χ0) is 8.41. The number of hydrogen-bond acceptors (Lipinski definition) is 0. The maximum atomic E-state index is 2.39. The molecular weight excluding hydrogens is 169 g/mol. The molecule has 0 amide bonds. The summed E-state index contributed by atoms with van der Waals surface area (Å²) < 4.78 is 0. The molecule has 0 aliphatic carbocycles. The summed E-state index contributed by atoms with van der Waals surface area (Å²) in [6.07, 6.45) is 4.07. The second-order valence-corrected chi connectivity index (χ2v) is 8.52. The van der Waals surface area contributed by atoms with Crippen LogP contribution in [0.1, 0.15) is 34.1 Å². The van der Waals surface area contributed by atoms with E-state index in [0.29, 0.717) is 7.61 Å². The van der Waals surface area contributed by atoms with Crippen molar-refractivity contribution in [1.29, 1.82) is 0 Å². The van der Waals surface area contributed by atoms with Crippen molar-refractivity contribution in [2.24, 2.45) is 0 Å². The number of rotatable bonds is 3. The molecule has 0 aliphatic heterocycles. The van der Waals surface area contributed by atoms with E-state index in [9.17, 15) is 0 Å². The van der Waals surface area contributed by atoms with Gasteiger partial charge >= 0.3 is 0 Å². The lowest BCUT2D eigenvalue weighted by Gasteiger charge is -2.04. The molecule has 0 aromatic heterocycles. The second-order valence-electron chi connectivity index (χ2n) is 2.23. The SMILES string of the molecule is CCC.CCPP(C)CC.[B]. The highest BCUT2D eigenvalue weighted by atomic mass is 32.0. The van der Waals surface area contributed by atoms with Gasteiger partial charge in [-0.15, -0.1) is 0 Å². The van der Waals surface area contributed by atoms with Gasteiger partial charge in [0.2, 0.25) is 0 Å². The lowest BCUT2D eigenvalue weighted by molar-refractivity contribution is 1.09. The van der Waals surface area contributed by atoms with E-state index < -0.39 is 0 Å². The molecule has 0 spiro atoms. The molecule has 11 heavy (non-hydrogen) atoms. The van der Waals surface area contributed by atoms with E-state index in [4.69, 9.17) is 0 Å². The Kier molecular flexibility index (Phi) is 27.8. The summed E-state index contributed by atoms with van der Waals surface area (Å²) in [5.74, 6) is 0. The highest BCUT2D eigenvalue weighted by Crippen LogP contribution is 2.50. The Balaban J connectivity index is -0.000000140. The van der Waals surface area contributed by atoms with Gasteiger partial charge in [-0.05, 0) is 19.0 Å². The van der Waals surface area contributed by atoms with Crippen molar-refractivity contribution >= 4 is 24.3 Å². The van der Waals surface area contributed by atoms with Gasteiger partial charge in [-0.2, -0.15) is 0 Å². The minimum Gasteiger partial charge on any atom is -0.0966 e. The van der Waals surface area contributed by atoms with Crippen LogP contribution in [0.4, 0.5) is 0 Å². The van der Waals surface area contributed by atoms with Crippen molar-refractivity contribution in [3.63, 3.8) is 0 Å². The Bertz CT molecular complexity index is 51.4. The first kappa shape index (κ1) is 17.9. The quantitative estimate of drug-likeness (QED) is 0.470. The van der Waals surface area contributed by atoms with Crippen molar-refractivity contribution < 1.29 is 0 Å². The van der Waals surface area contributed by atoms with Crippen molar-refractivity contribution in [3.05, 3.63) is 0 Å². The Morgan fingerprint density at radius 3 is 1.55 bits per heavy atom. The fourth-order valence-corrected chi connectivity index (χ4v) is 3.44. The van der Waals surface area contributed by atoms with E-state index in [1.807, 2.05) is 0 Å². The van der Waals surface area contributed by atoms with Crippen molar-refractivity contribution in [2.75, 3.05) is 19.0 Å². The van der Waals surface area contributed by atoms with Crippen LogP contribution in [0.2, 0.25) is 0 Å². The van der Waals surface area contributed by atoms with E-state index in [-0.39, 0.29) is 8.41 Å². The third-order valence-corrected chi connectivity index (χ3v) is 6.22. The summed E-state index contributed by atoms with van der Waals surface area (Å²) in [4.78, 5) is 0. The predicted octanol–water partition coefficient (Wildman–Crippen LogP) is 3.77. The smallest absolute Gasteiger partial charge is 0 e. The van der Waals surface area contributed by atoms with Gasteiger partial charge in [-0.3, -0.25) is 0 Å². The second kappa shape index (κ2) is 17.1. The molecule has 0 nitrogen and oxygen atoms in total. The third kappa shape index (κ3) is 24.8. The van der Waals surface area contributed by atoms with E-state index in [2.05, 4.69) is 34.4 Å². The largest absolute Gasteiger partial charge is 0.0966 e. The molecule has 0 heterocycles. The number of hydrogen-bond donors (Lipinski definition) is 0. The monoisotopic (exact) mass is 191 g/mol. The topological polar surface area (TPSA) is 0 Å². The Morgan fingerprint density at radius 2 is 1.45 bits per heavy atom.